The molecule has 0 N–H and O–H groups in total. The molecule has 3 aromatic carbocycles. The molecule has 4 bridgehead atoms. The SMILES string of the molecule is C[Si](C)(C)C(F)(F)c1ccc(C(F)(F)F)cc1.FC1(F)c2ccc(cc2)C(F)(F)C(F)(F)c2ccc(cc2)C1(F)F. The summed E-state index contributed by atoms with van der Waals surface area (Å²) in [7, 11) is -2.80. The van der Waals surface area contributed by atoms with Crippen LogP contribution >= 0.6 is 0 Å². The van der Waals surface area contributed by atoms with E-state index in [2.05, 4.69) is 0 Å². The largest absolute Gasteiger partial charge is 0.416 e. The van der Waals surface area contributed by atoms with Crippen LogP contribution in [0.25, 0.3) is 0 Å². The predicted molar refractivity (Wildman–Crippen MR) is 127 cm³/mol. The van der Waals surface area contributed by atoms with E-state index in [1.165, 1.54) is 19.6 Å². The lowest BCUT2D eigenvalue weighted by atomic mass is 9.89. The van der Waals surface area contributed by atoms with Gasteiger partial charge in [-0.05, 0) is 12.1 Å². The minimum Gasteiger partial charge on any atom is -0.207 e. The van der Waals surface area contributed by atoms with Gasteiger partial charge in [0.1, 0.15) is 8.07 Å². The molecule has 224 valence electrons. The van der Waals surface area contributed by atoms with Gasteiger partial charge in [-0.1, -0.05) is 80.3 Å². The van der Waals surface area contributed by atoms with E-state index in [-0.39, 0.29) is 5.56 Å². The molecule has 4 aliphatic rings. The van der Waals surface area contributed by atoms with E-state index in [1.807, 2.05) is 0 Å². The van der Waals surface area contributed by atoms with Crippen molar-refractivity contribution in [2.75, 3.05) is 0 Å². The van der Waals surface area contributed by atoms with Gasteiger partial charge in [0.25, 0.3) is 5.55 Å². The van der Waals surface area contributed by atoms with E-state index in [1.54, 1.807) is 0 Å². The Hall–Kier alpha value is -3.03. The van der Waals surface area contributed by atoms with Gasteiger partial charge < -0.3 is 0 Å². The van der Waals surface area contributed by atoms with Gasteiger partial charge in [0, 0.05) is 27.8 Å². The molecule has 41 heavy (non-hydrogen) atoms. The summed E-state index contributed by atoms with van der Waals surface area (Å²) in [5, 5.41) is 0. The molecular formula is C27H21F13Si. The summed E-state index contributed by atoms with van der Waals surface area (Å²) in [5.74, 6) is -18.8. The summed E-state index contributed by atoms with van der Waals surface area (Å²) in [4.78, 5) is 0. The molecule has 0 spiro atoms. The number of hydrogen-bond donors (Lipinski definition) is 0. The number of alkyl halides is 13. The Balaban J connectivity index is 0.000000241. The Morgan fingerprint density at radius 2 is 0.634 bits per heavy atom. The Morgan fingerprint density at radius 3 is 0.829 bits per heavy atom. The first-order valence-corrected chi connectivity index (χ1v) is 15.2. The molecule has 0 saturated carbocycles. The number of halogens is 13. The van der Waals surface area contributed by atoms with Crippen LogP contribution in [0, 0.1) is 0 Å². The lowest BCUT2D eigenvalue weighted by molar-refractivity contribution is -0.227. The first-order valence-electron chi connectivity index (χ1n) is 11.7. The van der Waals surface area contributed by atoms with Crippen LogP contribution in [0.15, 0.2) is 72.8 Å². The first-order chi connectivity index (χ1) is 18.4. The average molecular weight is 621 g/mol. The van der Waals surface area contributed by atoms with E-state index in [9.17, 15) is 57.1 Å². The van der Waals surface area contributed by atoms with Crippen molar-refractivity contribution in [3.63, 3.8) is 0 Å². The third kappa shape index (κ3) is 5.58. The highest BCUT2D eigenvalue weighted by atomic mass is 28.3. The van der Waals surface area contributed by atoms with Gasteiger partial charge in [-0.15, -0.1) is 0 Å². The van der Waals surface area contributed by atoms with Crippen molar-refractivity contribution in [2.24, 2.45) is 0 Å². The average Bonchev–Trinajstić information content (AvgIpc) is 2.87. The van der Waals surface area contributed by atoms with Crippen LogP contribution < -0.4 is 0 Å². The standard InChI is InChI=1S/C16H8F8.C11H13F5Si/c17-13(18)9-1-2-10(4-3-9)14(19,20)16(23,24)12-7-5-11(6-8-12)15(13,21)22;1-17(2,3)11(15,16)9-6-4-8(5-7-9)10(12,13)14/h1-8H;4-7H,1-3H3. The number of hydrogen-bond acceptors (Lipinski definition) is 0. The molecule has 0 saturated heterocycles. The summed E-state index contributed by atoms with van der Waals surface area (Å²) in [6.07, 6.45) is -4.49. The molecule has 0 amide bonds. The molecule has 3 aromatic rings. The molecule has 7 rings (SSSR count). The minimum absolute atomic E-state index is 0.307. The van der Waals surface area contributed by atoms with Crippen LogP contribution in [0.5, 0.6) is 0 Å². The molecule has 4 aliphatic carbocycles. The number of benzene rings is 3. The van der Waals surface area contributed by atoms with E-state index < -0.39 is 71.3 Å². The summed E-state index contributed by atoms with van der Waals surface area (Å²) in [6.45, 7) is 4.43. The van der Waals surface area contributed by atoms with Gasteiger partial charge in [0.15, 0.2) is 0 Å². The van der Waals surface area contributed by atoms with Crippen molar-refractivity contribution >= 4 is 8.07 Å². The van der Waals surface area contributed by atoms with Crippen LogP contribution in [0.2, 0.25) is 19.6 Å². The lowest BCUT2D eigenvalue weighted by Crippen LogP contribution is -2.42. The third-order valence-electron chi connectivity index (χ3n) is 6.53. The quantitative estimate of drug-likeness (QED) is 0.198. The zero-order chi connectivity index (χ0) is 31.4. The van der Waals surface area contributed by atoms with Crippen LogP contribution in [-0.2, 0) is 35.4 Å². The maximum absolute atomic E-state index is 14.1. The van der Waals surface area contributed by atoms with Gasteiger partial charge in [0.2, 0.25) is 0 Å². The van der Waals surface area contributed by atoms with Crippen molar-refractivity contribution < 1.29 is 57.1 Å². The van der Waals surface area contributed by atoms with E-state index >= 15 is 0 Å². The van der Waals surface area contributed by atoms with Gasteiger partial charge in [-0.25, -0.2) is 8.78 Å². The van der Waals surface area contributed by atoms with Crippen molar-refractivity contribution in [1.82, 2.24) is 0 Å². The molecule has 14 heteroatoms. The molecule has 0 fully saturated rings. The van der Waals surface area contributed by atoms with Crippen molar-refractivity contribution in [2.45, 2.75) is 55.1 Å². The topological polar surface area (TPSA) is 0 Å². The Labute approximate surface area is 226 Å². The highest BCUT2D eigenvalue weighted by Gasteiger charge is 2.61. The van der Waals surface area contributed by atoms with Gasteiger partial charge in [-0.3, -0.25) is 0 Å². The normalized spacial score (nSPS) is 19.0. The molecule has 0 aromatic heterocycles. The zero-order valence-electron chi connectivity index (χ0n) is 21.3. The fourth-order valence-electron chi connectivity index (χ4n) is 3.80. The fraction of sp³-hybridized carbons (Fsp3) is 0.333. The second-order valence-corrected chi connectivity index (χ2v) is 15.5. The summed E-state index contributed by atoms with van der Waals surface area (Å²) < 4.78 is 178. The molecule has 0 radical (unpaired) electrons. The van der Waals surface area contributed by atoms with Crippen molar-refractivity contribution in [3.8, 4) is 0 Å². The summed E-state index contributed by atoms with van der Waals surface area (Å²) in [5.41, 5.74) is -9.28. The van der Waals surface area contributed by atoms with Gasteiger partial charge in [-0.2, -0.15) is 48.3 Å². The number of rotatable bonds is 2. The Morgan fingerprint density at radius 1 is 0.415 bits per heavy atom. The van der Waals surface area contributed by atoms with Crippen molar-refractivity contribution in [3.05, 3.63) is 106 Å². The van der Waals surface area contributed by atoms with E-state index in [4.69, 9.17) is 0 Å². The maximum Gasteiger partial charge on any atom is 0.416 e. The molecule has 0 unspecified atom stereocenters. The van der Waals surface area contributed by atoms with E-state index in [0.717, 1.165) is 12.1 Å². The van der Waals surface area contributed by atoms with Crippen LogP contribution in [0.3, 0.4) is 0 Å². The molecular weight excluding hydrogens is 599 g/mol. The van der Waals surface area contributed by atoms with Crippen molar-refractivity contribution in [1.29, 1.82) is 0 Å². The highest BCUT2D eigenvalue weighted by Crippen LogP contribution is 2.54. The maximum atomic E-state index is 14.1. The fourth-order valence-corrected chi connectivity index (χ4v) is 4.84. The summed E-state index contributed by atoms with van der Waals surface area (Å²) in [6, 6.07) is 5.57. The predicted octanol–water partition coefficient (Wildman–Crippen LogP) is 10.4. The second kappa shape index (κ2) is 10.1. The monoisotopic (exact) mass is 620 g/mol. The molecule has 0 atom stereocenters. The third-order valence-corrected chi connectivity index (χ3v) is 8.70. The Kier molecular flexibility index (Phi) is 7.96. The van der Waals surface area contributed by atoms with Gasteiger partial charge >= 0.3 is 29.9 Å². The first kappa shape index (κ1) is 32.5. The van der Waals surface area contributed by atoms with Gasteiger partial charge in [0.05, 0.1) is 5.56 Å². The second-order valence-electron chi connectivity index (χ2n) is 10.4. The summed E-state index contributed by atoms with van der Waals surface area (Å²) >= 11 is 0. The Bertz CT molecular complexity index is 1220. The molecule has 0 aliphatic heterocycles. The highest BCUT2D eigenvalue weighted by molar-refractivity contribution is 6.78. The van der Waals surface area contributed by atoms with Crippen LogP contribution in [0.1, 0.15) is 33.4 Å². The lowest BCUT2D eigenvalue weighted by Gasteiger charge is -2.31. The zero-order valence-corrected chi connectivity index (χ0v) is 22.3. The molecule has 0 nitrogen and oxygen atoms in total. The minimum atomic E-state index is -4.70. The van der Waals surface area contributed by atoms with E-state index in [0.29, 0.717) is 60.7 Å². The van der Waals surface area contributed by atoms with Crippen LogP contribution in [-0.4, -0.2) is 8.07 Å². The van der Waals surface area contributed by atoms with Crippen LogP contribution in [0.4, 0.5) is 57.1 Å². The smallest absolute Gasteiger partial charge is 0.207 e. The molecule has 0 heterocycles.